The molecule has 1 aromatic rings. The fourth-order valence-corrected chi connectivity index (χ4v) is 4.90. The number of hydrogen-bond donors (Lipinski definition) is 0. The molecule has 0 N–H and O–H groups in total. The summed E-state index contributed by atoms with van der Waals surface area (Å²) in [5, 5.41) is 11.4. The number of nitro benzene ring substituents is 1. The minimum absolute atomic E-state index is 0.227. The van der Waals surface area contributed by atoms with Crippen LogP contribution < -0.4 is 0 Å². The van der Waals surface area contributed by atoms with Crippen LogP contribution in [0.3, 0.4) is 0 Å². The number of hydrogen-bond acceptors (Lipinski definition) is 6. The Kier molecular flexibility index (Phi) is 7.06. The summed E-state index contributed by atoms with van der Waals surface area (Å²) in [6.45, 7) is 4.06. The average molecular weight is 393 g/mol. The summed E-state index contributed by atoms with van der Waals surface area (Å²) in [7, 11) is -5.44. The van der Waals surface area contributed by atoms with Gasteiger partial charge in [0.2, 0.25) is 20.0 Å². The standard InChI is InChI=1S/C14H23N3O6S2/c1-5-9-16(10-6-2)25(22,23)14-8-7-12(11-13(14)17(18)19)24(20,21)15(3)4/h7-8,11H,5-6,9-10H2,1-4H3. The Balaban J connectivity index is 3.58. The number of benzene rings is 1. The summed E-state index contributed by atoms with van der Waals surface area (Å²) in [6.07, 6.45) is 1.11. The van der Waals surface area contributed by atoms with Crippen molar-refractivity contribution in [3.63, 3.8) is 0 Å². The summed E-state index contributed by atoms with van der Waals surface area (Å²) in [6, 6.07) is 2.85. The van der Waals surface area contributed by atoms with Crippen molar-refractivity contribution in [1.82, 2.24) is 8.61 Å². The highest BCUT2D eigenvalue weighted by Crippen LogP contribution is 2.30. The largest absolute Gasteiger partial charge is 0.290 e. The first-order chi connectivity index (χ1) is 11.5. The molecule has 0 heterocycles. The summed E-state index contributed by atoms with van der Waals surface area (Å²) < 4.78 is 52.0. The SMILES string of the molecule is CCCN(CCC)S(=O)(=O)c1ccc(S(=O)(=O)N(C)C)cc1[N+](=O)[O-]. The van der Waals surface area contributed by atoms with Gasteiger partial charge >= 0.3 is 0 Å². The summed E-state index contributed by atoms with van der Waals surface area (Å²) in [5.74, 6) is 0. The molecule has 0 unspecified atom stereocenters. The van der Waals surface area contributed by atoms with Gasteiger partial charge in [0.15, 0.2) is 4.90 Å². The zero-order chi connectivity index (χ0) is 19.4. The molecule has 25 heavy (non-hydrogen) atoms. The molecular weight excluding hydrogens is 370 g/mol. The Morgan fingerprint density at radius 3 is 1.92 bits per heavy atom. The molecule has 1 rings (SSSR count). The van der Waals surface area contributed by atoms with Gasteiger partial charge in [-0.3, -0.25) is 10.1 Å². The first-order valence-electron chi connectivity index (χ1n) is 7.71. The molecule has 0 saturated heterocycles. The van der Waals surface area contributed by atoms with Gasteiger partial charge in [0.05, 0.1) is 9.82 Å². The molecule has 0 spiro atoms. The van der Waals surface area contributed by atoms with Crippen LogP contribution in [-0.2, 0) is 20.0 Å². The lowest BCUT2D eigenvalue weighted by Gasteiger charge is -2.21. The molecule has 1 aromatic carbocycles. The third-order valence-corrected chi connectivity index (χ3v) is 7.23. The number of nitrogens with zero attached hydrogens (tertiary/aromatic N) is 3. The van der Waals surface area contributed by atoms with E-state index in [9.17, 15) is 26.9 Å². The van der Waals surface area contributed by atoms with Gasteiger partial charge in [-0.05, 0) is 25.0 Å². The monoisotopic (exact) mass is 393 g/mol. The lowest BCUT2D eigenvalue weighted by atomic mass is 10.3. The highest BCUT2D eigenvalue weighted by molar-refractivity contribution is 7.89. The normalized spacial score (nSPS) is 12.7. The van der Waals surface area contributed by atoms with Crippen LogP contribution in [0.1, 0.15) is 26.7 Å². The van der Waals surface area contributed by atoms with E-state index in [-0.39, 0.29) is 18.0 Å². The van der Waals surface area contributed by atoms with Crippen molar-refractivity contribution < 1.29 is 21.8 Å². The van der Waals surface area contributed by atoms with Crippen molar-refractivity contribution in [2.24, 2.45) is 0 Å². The van der Waals surface area contributed by atoms with E-state index in [4.69, 9.17) is 0 Å². The molecule has 9 nitrogen and oxygen atoms in total. The Bertz CT molecular complexity index is 828. The highest BCUT2D eigenvalue weighted by Gasteiger charge is 2.33. The van der Waals surface area contributed by atoms with Crippen LogP contribution in [0.4, 0.5) is 5.69 Å². The van der Waals surface area contributed by atoms with Gasteiger partial charge in [-0.15, -0.1) is 0 Å². The zero-order valence-corrected chi connectivity index (χ0v) is 16.3. The van der Waals surface area contributed by atoms with Crippen LogP contribution >= 0.6 is 0 Å². The molecule has 0 atom stereocenters. The van der Waals surface area contributed by atoms with Gasteiger partial charge in [0.25, 0.3) is 5.69 Å². The quantitative estimate of drug-likeness (QED) is 0.465. The minimum Gasteiger partial charge on any atom is -0.258 e. The van der Waals surface area contributed by atoms with E-state index in [0.29, 0.717) is 12.8 Å². The highest BCUT2D eigenvalue weighted by atomic mass is 32.2. The molecule has 0 radical (unpaired) electrons. The van der Waals surface area contributed by atoms with E-state index >= 15 is 0 Å². The fraction of sp³-hybridized carbons (Fsp3) is 0.571. The topological polar surface area (TPSA) is 118 Å². The summed E-state index contributed by atoms with van der Waals surface area (Å²) >= 11 is 0. The van der Waals surface area contributed by atoms with Gasteiger partial charge in [0, 0.05) is 33.3 Å². The van der Waals surface area contributed by atoms with Crippen LogP contribution in [0.2, 0.25) is 0 Å². The molecule has 142 valence electrons. The molecule has 0 amide bonds. The summed E-state index contributed by atoms with van der Waals surface area (Å²) in [4.78, 5) is 9.66. The second-order valence-electron chi connectivity index (χ2n) is 5.58. The zero-order valence-electron chi connectivity index (χ0n) is 14.7. The molecule has 0 aromatic heterocycles. The van der Waals surface area contributed by atoms with Gasteiger partial charge in [-0.2, -0.15) is 4.31 Å². The molecule has 0 aliphatic heterocycles. The van der Waals surface area contributed by atoms with Crippen molar-refractivity contribution in [3.05, 3.63) is 28.3 Å². The molecule has 0 aliphatic rings. The average Bonchev–Trinajstić information content (AvgIpc) is 2.53. The summed E-state index contributed by atoms with van der Waals surface area (Å²) in [5.41, 5.74) is -0.750. The maximum Gasteiger partial charge on any atom is 0.290 e. The predicted molar refractivity (Wildman–Crippen MR) is 93.3 cm³/mol. The third kappa shape index (κ3) is 4.54. The third-order valence-electron chi connectivity index (χ3n) is 3.47. The van der Waals surface area contributed by atoms with E-state index in [0.717, 1.165) is 22.5 Å². The van der Waals surface area contributed by atoms with E-state index in [1.807, 2.05) is 0 Å². The number of nitro groups is 1. The molecule has 0 aliphatic carbocycles. The Labute approximate surface area is 148 Å². The van der Waals surface area contributed by atoms with Crippen LogP contribution in [0.25, 0.3) is 0 Å². The number of sulfonamides is 2. The Hall–Kier alpha value is -1.56. The van der Waals surface area contributed by atoms with E-state index < -0.39 is 35.6 Å². The van der Waals surface area contributed by atoms with Gasteiger partial charge in [-0.25, -0.2) is 21.1 Å². The van der Waals surface area contributed by atoms with Crippen LogP contribution in [0.5, 0.6) is 0 Å². The van der Waals surface area contributed by atoms with Crippen molar-refractivity contribution in [2.45, 2.75) is 36.5 Å². The van der Waals surface area contributed by atoms with Crippen LogP contribution in [-0.4, -0.2) is 57.6 Å². The smallest absolute Gasteiger partial charge is 0.258 e. The Morgan fingerprint density at radius 1 is 1.00 bits per heavy atom. The fourth-order valence-electron chi connectivity index (χ4n) is 2.22. The lowest BCUT2D eigenvalue weighted by molar-refractivity contribution is -0.388. The number of rotatable bonds is 9. The molecule has 11 heteroatoms. The van der Waals surface area contributed by atoms with Gasteiger partial charge in [0.1, 0.15) is 0 Å². The van der Waals surface area contributed by atoms with Crippen LogP contribution in [0, 0.1) is 10.1 Å². The first-order valence-corrected chi connectivity index (χ1v) is 10.6. The van der Waals surface area contributed by atoms with Crippen LogP contribution in [0.15, 0.2) is 28.0 Å². The first kappa shape index (κ1) is 21.5. The second kappa shape index (κ2) is 8.21. The van der Waals surface area contributed by atoms with Crippen molar-refractivity contribution in [2.75, 3.05) is 27.2 Å². The maximum atomic E-state index is 12.8. The van der Waals surface area contributed by atoms with Gasteiger partial charge in [-0.1, -0.05) is 13.8 Å². The molecule has 0 bridgehead atoms. The van der Waals surface area contributed by atoms with Gasteiger partial charge < -0.3 is 0 Å². The lowest BCUT2D eigenvalue weighted by Crippen LogP contribution is -2.33. The maximum absolute atomic E-state index is 12.8. The van der Waals surface area contributed by atoms with E-state index in [1.54, 1.807) is 13.8 Å². The van der Waals surface area contributed by atoms with Crippen molar-refractivity contribution in [3.8, 4) is 0 Å². The van der Waals surface area contributed by atoms with Crippen molar-refractivity contribution in [1.29, 1.82) is 0 Å². The second-order valence-corrected chi connectivity index (χ2v) is 9.64. The molecule has 0 saturated carbocycles. The van der Waals surface area contributed by atoms with E-state index in [1.165, 1.54) is 18.4 Å². The van der Waals surface area contributed by atoms with Crippen molar-refractivity contribution >= 4 is 25.7 Å². The predicted octanol–water partition coefficient (Wildman–Crippen LogP) is 1.66. The van der Waals surface area contributed by atoms with E-state index in [2.05, 4.69) is 0 Å². The molecular formula is C14H23N3O6S2. The minimum atomic E-state index is -4.10. The Morgan fingerprint density at radius 2 is 1.52 bits per heavy atom. The molecule has 0 fully saturated rings.